The maximum Gasteiger partial charge on any atom is 0.287 e. The highest BCUT2D eigenvalue weighted by atomic mass is 19.1. The monoisotopic (exact) mass is 270 g/mol. The molecule has 0 aliphatic rings. The molecule has 0 heterocycles. The summed E-state index contributed by atoms with van der Waals surface area (Å²) in [7, 11) is 0. The van der Waals surface area contributed by atoms with Crippen molar-refractivity contribution in [3.8, 4) is 5.75 Å². The Morgan fingerprint density at radius 2 is 1.89 bits per heavy atom. The molecule has 0 atom stereocenters. The lowest BCUT2D eigenvalue weighted by atomic mass is 10.1. The highest BCUT2D eigenvalue weighted by Crippen LogP contribution is 2.18. The minimum Gasteiger partial charge on any atom is -0.478 e. The van der Waals surface area contributed by atoms with Crippen LogP contribution in [0.2, 0.25) is 0 Å². The second-order valence-corrected chi connectivity index (χ2v) is 4.25. The van der Waals surface area contributed by atoms with Crippen molar-refractivity contribution in [1.82, 2.24) is 5.48 Å². The number of rotatable bonds is 6. The highest BCUT2D eigenvalue weighted by Gasteiger charge is 2.30. The Bertz CT molecular complexity index is 459. The first-order valence-electron chi connectivity index (χ1n) is 5.46. The molecule has 0 fully saturated rings. The van der Waals surface area contributed by atoms with Gasteiger partial charge in [0.1, 0.15) is 11.6 Å². The number of hydrogen-bond acceptors (Lipinski definition) is 4. The summed E-state index contributed by atoms with van der Waals surface area (Å²) < 4.78 is 18.1. The number of carbonyl (C=O) groups excluding carboxylic acids is 2. The summed E-state index contributed by atoms with van der Waals surface area (Å²) in [6.07, 6.45) is 0. The van der Waals surface area contributed by atoms with Crippen LogP contribution in [-0.2, 0) is 14.4 Å². The normalized spacial score (nSPS) is 10.9. The van der Waals surface area contributed by atoms with Gasteiger partial charge in [0.15, 0.2) is 12.2 Å². The molecular formula is C12H15FN2O4. The third-order valence-electron chi connectivity index (χ3n) is 2.11. The number of hydrogen-bond donors (Lipinski definition) is 2. The molecule has 1 rings (SSSR count). The third-order valence-corrected chi connectivity index (χ3v) is 2.11. The molecule has 1 aromatic carbocycles. The summed E-state index contributed by atoms with van der Waals surface area (Å²) in [6.45, 7) is 2.57. The first kappa shape index (κ1) is 14.9. The van der Waals surface area contributed by atoms with E-state index in [2.05, 4.69) is 4.84 Å². The molecule has 19 heavy (non-hydrogen) atoms. The number of hydroxylamine groups is 1. The van der Waals surface area contributed by atoms with Crippen molar-refractivity contribution < 1.29 is 23.6 Å². The van der Waals surface area contributed by atoms with Crippen LogP contribution in [0, 0.1) is 5.82 Å². The molecule has 0 aromatic heterocycles. The van der Waals surface area contributed by atoms with Gasteiger partial charge < -0.3 is 10.5 Å². The average molecular weight is 270 g/mol. The van der Waals surface area contributed by atoms with Crippen molar-refractivity contribution >= 4 is 11.8 Å². The number of amides is 2. The number of nitrogens with two attached hydrogens (primary N) is 1. The fourth-order valence-corrected chi connectivity index (χ4v) is 1.14. The first-order valence-corrected chi connectivity index (χ1v) is 5.46. The minimum atomic E-state index is -1.25. The molecular weight excluding hydrogens is 255 g/mol. The zero-order chi connectivity index (χ0) is 14.5. The van der Waals surface area contributed by atoms with E-state index in [1.54, 1.807) is 0 Å². The van der Waals surface area contributed by atoms with Crippen LogP contribution >= 0.6 is 0 Å². The number of carbonyl (C=O) groups is 2. The van der Waals surface area contributed by atoms with E-state index >= 15 is 0 Å². The molecule has 0 aliphatic carbocycles. The SMILES string of the molecule is CC(C)(Oc1ccc(F)cc1)C(=O)NOCC(N)=O. The summed E-state index contributed by atoms with van der Waals surface area (Å²) >= 11 is 0. The third kappa shape index (κ3) is 4.92. The van der Waals surface area contributed by atoms with E-state index < -0.39 is 29.8 Å². The molecule has 0 bridgehead atoms. The fourth-order valence-electron chi connectivity index (χ4n) is 1.14. The quantitative estimate of drug-likeness (QED) is 0.737. The van der Waals surface area contributed by atoms with Crippen LogP contribution in [0.5, 0.6) is 5.75 Å². The van der Waals surface area contributed by atoms with E-state index in [9.17, 15) is 14.0 Å². The molecule has 0 saturated heterocycles. The van der Waals surface area contributed by atoms with Gasteiger partial charge in [-0.15, -0.1) is 0 Å². The first-order chi connectivity index (χ1) is 8.81. The van der Waals surface area contributed by atoms with Gasteiger partial charge in [-0.25, -0.2) is 9.87 Å². The van der Waals surface area contributed by atoms with Gasteiger partial charge in [0.25, 0.3) is 5.91 Å². The zero-order valence-electron chi connectivity index (χ0n) is 10.6. The van der Waals surface area contributed by atoms with Crippen molar-refractivity contribution in [1.29, 1.82) is 0 Å². The predicted octanol–water partition coefficient (Wildman–Crippen LogP) is 0.516. The maximum absolute atomic E-state index is 12.7. The second-order valence-electron chi connectivity index (χ2n) is 4.25. The molecule has 0 radical (unpaired) electrons. The summed E-state index contributed by atoms with van der Waals surface area (Å²) in [4.78, 5) is 26.7. The minimum absolute atomic E-state index is 0.330. The molecule has 7 heteroatoms. The van der Waals surface area contributed by atoms with E-state index in [0.717, 1.165) is 0 Å². The van der Waals surface area contributed by atoms with Crippen LogP contribution < -0.4 is 16.0 Å². The average Bonchev–Trinajstić information content (AvgIpc) is 2.31. The molecule has 0 aliphatic heterocycles. The fraction of sp³-hybridized carbons (Fsp3) is 0.333. The van der Waals surface area contributed by atoms with Crippen LogP contribution in [0.25, 0.3) is 0 Å². The lowest BCUT2D eigenvalue weighted by Crippen LogP contribution is -2.47. The maximum atomic E-state index is 12.7. The van der Waals surface area contributed by atoms with Crippen LogP contribution in [0.4, 0.5) is 4.39 Å². The lowest BCUT2D eigenvalue weighted by Gasteiger charge is -2.24. The molecule has 1 aromatic rings. The number of benzene rings is 1. The summed E-state index contributed by atoms with van der Waals surface area (Å²) in [5.74, 6) is -1.38. The molecule has 0 spiro atoms. The lowest BCUT2D eigenvalue weighted by molar-refractivity contribution is -0.149. The van der Waals surface area contributed by atoms with Crippen molar-refractivity contribution in [3.63, 3.8) is 0 Å². The highest BCUT2D eigenvalue weighted by molar-refractivity contribution is 5.84. The summed E-state index contributed by atoms with van der Waals surface area (Å²) in [5, 5.41) is 0. The van der Waals surface area contributed by atoms with E-state index in [4.69, 9.17) is 10.5 Å². The van der Waals surface area contributed by atoms with Crippen LogP contribution in [0.1, 0.15) is 13.8 Å². The second kappa shape index (κ2) is 6.14. The van der Waals surface area contributed by atoms with Crippen molar-refractivity contribution in [2.24, 2.45) is 5.73 Å². The van der Waals surface area contributed by atoms with E-state index in [-0.39, 0.29) is 0 Å². The van der Waals surface area contributed by atoms with E-state index in [1.165, 1.54) is 38.1 Å². The Hall–Kier alpha value is -2.15. The number of ether oxygens (including phenoxy) is 1. The standard InChI is InChI=1S/C12H15FN2O4/c1-12(2,11(17)15-18-7-10(14)16)19-9-5-3-8(13)4-6-9/h3-6H,7H2,1-2H3,(H2,14,16)(H,15,17). The molecule has 2 amide bonds. The van der Waals surface area contributed by atoms with Crippen LogP contribution in [0.3, 0.4) is 0 Å². The van der Waals surface area contributed by atoms with Gasteiger partial charge in [-0.3, -0.25) is 14.4 Å². The van der Waals surface area contributed by atoms with Crippen molar-refractivity contribution in [2.45, 2.75) is 19.4 Å². The number of halogens is 1. The van der Waals surface area contributed by atoms with Gasteiger partial charge in [0.05, 0.1) is 0 Å². The Morgan fingerprint density at radius 1 is 1.32 bits per heavy atom. The van der Waals surface area contributed by atoms with E-state index in [0.29, 0.717) is 5.75 Å². The van der Waals surface area contributed by atoms with E-state index in [1.807, 2.05) is 5.48 Å². The largest absolute Gasteiger partial charge is 0.478 e. The molecule has 104 valence electrons. The molecule has 6 nitrogen and oxygen atoms in total. The Morgan fingerprint density at radius 3 is 2.42 bits per heavy atom. The Kier molecular flexibility index (Phi) is 4.82. The van der Waals surface area contributed by atoms with Gasteiger partial charge in [0.2, 0.25) is 5.91 Å². The predicted molar refractivity (Wildman–Crippen MR) is 64.4 cm³/mol. The Labute approximate surface area is 109 Å². The topological polar surface area (TPSA) is 90.7 Å². The number of nitrogens with one attached hydrogen (secondary N) is 1. The van der Waals surface area contributed by atoms with Crippen molar-refractivity contribution in [3.05, 3.63) is 30.1 Å². The molecule has 0 unspecified atom stereocenters. The van der Waals surface area contributed by atoms with Gasteiger partial charge in [-0.1, -0.05) is 0 Å². The van der Waals surface area contributed by atoms with Gasteiger partial charge >= 0.3 is 0 Å². The van der Waals surface area contributed by atoms with Gasteiger partial charge in [0, 0.05) is 0 Å². The van der Waals surface area contributed by atoms with Crippen LogP contribution in [0.15, 0.2) is 24.3 Å². The van der Waals surface area contributed by atoms with Gasteiger partial charge in [-0.05, 0) is 38.1 Å². The van der Waals surface area contributed by atoms with Gasteiger partial charge in [-0.2, -0.15) is 0 Å². The smallest absolute Gasteiger partial charge is 0.287 e. The van der Waals surface area contributed by atoms with Crippen molar-refractivity contribution in [2.75, 3.05) is 6.61 Å². The number of primary amides is 1. The molecule has 3 N–H and O–H groups in total. The zero-order valence-corrected chi connectivity index (χ0v) is 10.6. The Balaban J connectivity index is 2.56. The summed E-state index contributed by atoms with van der Waals surface area (Å²) in [6, 6.07) is 5.23. The molecule has 0 saturated carbocycles. The summed E-state index contributed by atoms with van der Waals surface area (Å²) in [5.41, 5.74) is 5.64. The van der Waals surface area contributed by atoms with Crippen LogP contribution in [-0.4, -0.2) is 24.0 Å².